The Morgan fingerprint density at radius 3 is 2.15 bits per heavy atom. The Morgan fingerprint density at radius 2 is 1.58 bits per heavy atom. The van der Waals surface area contributed by atoms with E-state index in [1.54, 1.807) is 0 Å². The van der Waals surface area contributed by atoms with Crippen LogP contribution >= 0.6 is 0 Å². The molecule has 0 radical (unpaired) electrons. The molecule has 1 atom stereocenters. The topological polar surface area (TPSA) is 51.5 Å². The standard InChI is InChI=1S/C22H23NO3/c1-16-8-9-17(2)23(16)21(14-22(24)25)19-10-12-20(13-11-19)26-15-18-6-4-3-5-7-18/h3-13,21H,14-15H2,1-2H3,(H,24,25). The fourth-order valence-electron chi connectivity index (χ4n) is 3.22. The van der Waals surface area contributed by atoms with Crippen LogP contribution < -0.4 is 4.74 Å². The molecule has 4 heteroatoms. The van der Waals surface area contributed by atoms with Crippen molar-refractivity contribution in [2.24, 2.45) is 0 Å². The summed E-state index contributed by atoms with van der Waals surface area (Å²) in [5, 5.41) is 9.35. The van der Waals surface area contributed by atoms with Crippen LogP contribution in [0.1, 0.15) is 35.0 Å². The second kappa shape index (κ2) is 7.91. The monoisotopic (exact) mass is 349 g/mol. The first kappa shape index (κ1) is 17.8. The Morgan fingerprint density at radius 1 is 0.962 bits per heavy atom. The van der Waals surface area contributed by atoms with Crippen LogP contribution in [0.2, 0.25) is 0 Å². The van der Waals surface area contributed by atoms with Gasteiger partial charge in [0.25, 0.3) is 0 Å². The van der Waals surface area contributed by atoms with Gasteiger partial charge >= 0.3 is 5.97 Å². The molecule has 0 fully saturated rings. The van der Waals surface area contributed by atoms with Gasteiger partial charge in [0.15, 0.2) is 0 Å². The van der Waals surface area contributed by atoms with Gasteiger partial charge in [-0.3, -0.25) is 4.79 Å². The van der Waals surface area contributed by atoms with Gasteiger partial charge in [-0.2, -0.15) is 0 Å². The van der Waals surface area contributed by atoms with E-state index in [1.165, 1.54) is 0 Å². The number of ether oxygens (including phenoxy) is 1. The SMILES string of the molecule is Cc1ccc(C)n1C(CC(=O)O)c1ccc(OCc2ccccc2)cc1. The molecule has 0 aliphatic heterocycles. The second-order valence-electron chi connectivity index (χ2n) is 6.44. The smallest absolute Gasteiger partial charge is 0.305 e. The number of carboxylic acid groups (broad SMARTS) is 1. The van der Waals surface area contributed by atoms with E-state index in [2.05, 4.69) is 4.57 Å². The van der Waals surface area contributed by atoms with E-state index in [9.17, 15) is 9.90 Å². The van der Waals surface area contributed by atoms with Gasteiger partial charge in [-0.05, 0) is 49.2 Å². The van der Waals surface area contributed by atoms with Crippen LogP contribution in [0.3, 0.4) is 0 Å². The molecule has 3 aromatic rings. The fourth-order valence-corrected chi connectivity index (χ4v) is 3.22. The van der Waals surface area contributed by atoms with Gasteiger partial charge in [-0.1, -0.05) is 42.5 Å². The van der Waals surface area contributed by atoms with Gasteiger partial charge in [0.1, 0.15) is 12.4 Å². The summed E-state index contributed by atoms with van der Waals surface area (Å²) in [7, 11) is 0. The maximum Gasteiger partial charge on any atom is 0.305 e. The molecule has 2 aromatic carbocycles. The molecule has 3 rings (SSSR count). The second-order valence-corrected chi connectivity index (χ2v) is 6.44. The number of hydrogen-bond acceptors (Lipinski definition) is 2. The number of rotatable bonds is 7. The first-order chi connectivity index (χ1) is 12.5. The van der Waals surface area contributed by atoms with Crippen LogP contribution in [0.4, 0.5) is 0 Å². The zero-order valence-corrected chi connectivity index (χ0v) is 15.1. The van der Waals surface area contributed by atoms with Crippen LogP contribution in [0.25, 0.3) is 0 Å². The number of carbonyl (C=O) groups is 1. The van der Waals surface area contributed by atoms with E-state index < -0.39 is 5.97 Å². The lowest BCUT2D eigenvalue weighted by atomic mass is 10.0. The predicted molar refractivity (Wildman–Crippen MR) is 102 cm³/mol. The van der Waals surface area contributed by atoms with Gasteiger partial charge in [0, 0.05) is 11.4 Å². The molecule has 0 aliphatic carbocycles. The highest BCUT2D eigenvalue weighted by Crippen LogP contribution is 2.28. The van der Waals surface area contributed by atoms with Crippen molar-refractivity contribution in [2.75, 3.05) is 0 Å². The van der Waals surface area contributed by atoms with Crippen LogP contribution in [-0.2, 0) is 11.4 Å². The molecule has 0 amide bonds. The van der Waals surface area contributed by atoms with Gasteiger partial charge < -0.3 is 14.4 Å². The minimum absolute atomic E-state index is 0.0422. The summed E-state index contributed by atoms with van der Waals surface area (Å²) in [4.78, 5) is 11.4. The molecule has 0 saturated carbocycles. The average Bonchev–Trinajstić information content (AvgIpc) is 2.98. The number of benzene rings is 2. The Bertz CT molecular complexity index is 847. The molecule has 0 bridgehead atoms. The minimum atomic E-state index is -0.813. The molecular weight excluding hydrogens is 326 g/mol. The quantitative estimate of drug-likeness (QED) is 0.670. The molecule has 1 heterocycles. The fraction of sp³-hybridized carbons (Fsp3) is 0.227. The zero-order chi connectivity index (χ0) is 18.5. The van der Waals surface area contributed by atoms with Gasteiger partial charge in [-0.25, -0.2) is 0 Å². The van der Waals surface area contributed by atoms with Crippen LogP contribution in [0.5, 0.6) is 5.75 Å². The van der Waals surface area contributed by atoms with Crippen molar-refractivity contribution in [3.8, 4) is 5.75 Å². The lowest BCUT2D eigenvalue weighted by molar-refractivity contribution is -0.137. The summed E-state index contributed by atoms with van der Waals surface area (Å²) >= 11 is 0. The first-order valence-corrected chi connectivity index (χ1v) is 8.67. The first-order valence-electron chi connectivity index (χ1n) is 8.67. The van der Waals surface area contributed by atoms with E-state index in [0.29, 0.717) is 6.61 Å². The van der Waals surface area contributed by atoms with Crippen molar-refractivity contribution in [2.45, 2.75) is 32.9 Å². The zero-order valence-electron chi connectivity index (χ0n) is 15.1. The normalized spacial score (nSPS) is 11.9. The molecule has 1 N–H and O–H groups in total. The van der Waals surface area contributed by atoms with Crippen molar-refractivity contribution in [1.29, 1.82) is 0 Å². The van der Waals surface area contributed by atoms with Gasteiger partial charge in [0.2, 0.25) is 0 Å². The Labute approximate surface area is 153 Å². The molecule has 1 aromatic heterocycles. The lowest BCUT2D eigenvalue weighted by Crippen LogP contribution is -2.17. The maximum atomic E-state index is 11.4. The summed E-state index contributed by atoms with van der Waals surface area (Å²) in [6, 6.07) is 21.5. The van der Waals surface area contributed by atoms with E-state index in [4.69, 9.17) is 4.74 Å². The summed E-state index contributed by atoms with van der Waals surface area (Å²) in [6.45, 7) is 4.51. The van der Waals surface area contributed by atoms with Crippen molar-refractivity contribution < 1.29 is 14.6 Å². The number of carboxylic acids is 1. The minimum Gasteiger partial charge on any atom is -0.489 e. The predicted octanol–water partition coefficient (Wildman–Crippen LogP) is 4.75. The van der Waals surface area contributed by atoms with Crippen LogP contribution in [0.15, 0.2) is 66.7 Å². The molecule has 4 nitrogen and oxygen atoms in total. The van der Waals surface area contributed by atoms with Crippen molar-refractivity contribution in [1.82, 2.24) is 4.57 Å². The highest BCUT2D eigenvalue weighted by molar-refractivity contribution is 5.68. The number of nitrogens with zero attached hydrogens (tertiary/aromatic N) is 1. The number of aliphatic carboxylic acids is 1. The largest absolute Gasteiger partial charge is 0.489 e. The summed E-state index contributed by atoms with van der Waals surface area (Å²) in [5.74, 6) is -0.0421. The molecule has 1 unspecified atom stereocenters. The third-order valence-electron chi connectivity index (χ3n) is 4.52. The number of hydrogen-bond donors (Lipinski definition) is 1. The van der Waals surface area contributed by atoms with Crippen molar-refractivity contribution in [3.63, 3.8) is 0 Å². The van der Waals surface area contributed by atoms with Gasteiger partial charge in [0.05, 0.1) is 12.5 Å². The number of aryl methyl sites for hydroxylation is 2. The number of aromatic nitrogens is 1. The van der Waals surface area contributed by atoms with E-state index >= 15 is 0 Å². The van der Waals surface area contributed by atoms with Crippen LogP contribution in [-0.4, -0.2) is 15.6 Å². The van der Waals surface area contributed by atoms with Gasteiger partial charge in [-0.15, -0.1) is 0 Å². The molecule has 134 valence electrons. The molecule has 26 heavy (non-hydrogen) atoms. The lowest BCUT2D eigenvalue weighted by Gasteiger charge is -2.22. The highest BCUT2D eigenvalue weighted by atomic mass is 16.5. The third-order valence-corrected chi connectivity index (χ3v) is 4.52. The maximum absolute atomic E-state index is 11.4. The third kappa shape index (κ3) is 4.14. The van der Waals surface area contributed by atoms with Crippen molar-refractivity contribution >= 4 is 5.97 Å². The summed E-state index contributed by atoms with van der Waals surface area (Å²) < 4.78 is 7.90. The van der Waals surface area contributed by atoms with E-state index in [0.717, 1.165) is 28.3 Å². The molecule has 0 aliphatic rings. The molecule has 0 spiro atoms. The van der Waals surface area contributed by atoms with E-state index in [-0.39, 0.29) is 12.5 Å². The van der Waals surface area contributed by atoms with Crippen LogP contribution in [0, 0.1) is 13.8 Å². The molecule has 0 saturated heterocycles. The Balaban J connectivity index is 1.79. The van der Waals surface area contributed by atoms with Crippen molar-refractivity contribution in [3.05, 3.63) is 89.2 Å². The van der Waals surface area contributed by atoms with E-state index in [1.807, 2.05) is 80.6 Å². The Hall–Kier alpha value is -3.01. The highest BCUT2D eigenvalue weighted by Gasteiger charge is 2.20. The molecular formula is C22H23NO3. The summed E-state index contributed by atoms with van der Waals surface area (Å²) in [6.07, 6.45) is 0.0422. The average molecular weight is 349 g/mol. The summed E-state index contributed by atoms with van der Waals surface area (Å²) in [5.41, 5.74) is 4.18. The Kier molecular flexibility index (Phi) is 5.42.